The molecule has 3 aromatic carbocycles. The third-order valence-corrected chi connectivity index (χ3v) is 4.94. The number of carbonyl (C=O) groups is 1. The van der Waals surface area contributed by atoms with Crippen molar-refractivity contribution in [2.24, 2.45) is 0 Å². The number of carbonyl (C=O) groups excluding carboxylic acids is 1. The van der Waals surface area contributed by atoms with Crippen LogP contribution in [-0.2, 0) is 11.4 Å². The summed E-state index contributed by atoms with van der Waals surface area (Å²) in [6.45, 7) is 0.472. The maximum absolute atomic E-state index is 12.0. The smallest absolute Gasteiger partial charge is 0.312 e. The van der Waals surface area contributed by atoms with Crippen molar-refractivity contribution < 1.29 is 19.2 Å². The number of hydrogen-bond acceptors (Lipinski definition) is 6. The third-order valence-electron chi connectivity index (χ3n) is 3.93. The number of hydrogen-bond donors (Lipinski definition) is 0. The minimum Gasteiger partial charge on any atom is -0.489 e. The number of ether oxygens (including phenoxy) is 2. The Hall–Kier alpha value is -3.32. The maximum atomic E-state index is 12.0. The molecule has 0 saturated heterocycles. The molecule has 7 heteroatoms. The van der Waals surface area contributed by atoms with Crippen molar-refractivity contribution in [3.05, 3.63) is 94.5 Å². The van der Waals surface area contributed by atoms with Crippen LogP contribution in [0.15, 0.2) is 83.8 Å². The Kier molecular flexibility index (Phi) is 7.24. The largest absolute Gasteiger partial charge is 0.489 e. The standard InChI is InChI=1S/C22H19NO5S/c24-22(14-15-29-21-12-6-18(7-13-21)23(25)26)28-20-10-8-19(9-11-20)27-16-17-4-2-1-3-5-17/h1-13H,14-16H2. The topological polar surface area (TPSA) is 78.7 Å². The van der Waals surface area contributed by atoms with Gasteiger partial charge < -0.3 is 9.47 Å². The summed E-state index contributed by atoms with van der Waals surface area (Å²) in [6, 6.07) is 23.0. The van der Waals surface area contributed by atoms with Crippen LogP contribution in [0.4, 0.5) is 5.69 Å². The van der Waals surface area contributed by atoms with Crippen LogP contribution in [0, 0.1) is 10.1 Å². The van der Waals surface area contributed by atoms with Crippen LogP contribution in [0.3, 0.4) is 0 Å². The van der Waals surface area contributed by atoms with Crippen molar-refractivity contribution in [2.75, 3.05) is 5.75 Å². The first-order chi connectivity index (χ1) is 14.1. The Morgan fingerprint density at radius 2 is 1.55 bits per heavy atom. The molecule has 0 aliphatic carbocycles. The fourth-order valence-electron chi connectivity index (χ4n) is 2.44. The molecule has 0 aliphatic rings. The first-order valence-corrected chi connectivity index (χ1v) is 9.93. The highest BCUT2D eigenvalue weighted by atomic mass is 32.2. The van der Waals surface area contributed by atoms with E-state index >= 15 is 0 Å². The molecule has 0 saturated carbocycles. The van der Waals surface area contributed by atoms with Gasteiger partial charge in [-0.25, -0.2) is 0 Å². The molecule has 3 aromatic rings. The lowest BCUT2D eigenvalue weighted by molar-refractivity contribution is -0.384. The predicted octanol–water partition coefficient (Wildman–Crippen LogP) is 5.26. The highest BCUT2D eigenvalue weighted by Crippen LogP contribution is 2.23. The molecule has 3 rings (SSSR count). The average Bonchev–Trinajstić information content (AvgIpc) is 2.74. The van der Waals surface area contributed by atoms with Crippen molar-refractivity contribution in [1.82, 2.24) is 0 Å². The van der Waals surface area contributed by atoms with Crippen molar-refractivity contribution in [1.29, 1.82) is 0 Å². The molecular formula is C22H19NO5S. The molecule has 148 valence electrons. The van der Waals surface area contributed by atoms with Crippen LogP contribution >= 0.6 is 11.8 Å². The summed E-state index contributed by atoms with van der Waals surface area (Å²) in [5, 5.41) is 10.6. The quantitative estimate of drug-likeness (QED) is 0.158. The van der Waals surface area contributed by atoms with Crippen LogP contribution in [0.5, 0.6) is 11.5 Å². The number of benzene rings is 3. The van der Waals surface area contributed by atoms with E-state index in [-0.39, 0.29) is 18.1 Å². The van der Waals surface area contributed by atoms with Gasteiger partial charge in [-0.3, -0.25) is 14.9 Å². The van der Waals surface area contributed by atoms with Crippen LogP contribution in [0.1, 0.15) is 12.0 Å². The van der Waals surface area contributed by atoms with E-state index in [0.717, 1.165) is 10.5 Å². The molecule has 0 atom stereocenters. The van der Waals surface area contributed by atoms with E-state index in [9.17, 15) is 14.9 Å². The lowest BCUT2D eigenvalue weighted by Gasteiger charge is -2.08. The molecule has 0 aliphatic heterocycles. The summed E-state index contributed by atoms with van der Waals surface area (Å²) in [4.78, 5) is 23.1. The Labute approximate surface area is 172 Å². The summed E-state index contributed by atoms with van der Waals surface area (Å²) in [5.41, 5.74) is 1.12. The van der Waals surface area contributed by atoms with E-state index in [4.69, 9.17) is 9.47 Å². The van der Waals surface area contributed by atoms with E-state index < -0.39 is 4.92 Å². The summed E-state index contributed by atoms with van der Waals surface area (Å²) < 4.78 is 11.0. The summed E-state index contributed by atoms with van der Waals surface area (Å²) >= 11 is 1.44. The van der Waals surface area contributed by atoms with Crippen LogP contribution in [-0.4, -0.2) is 16.6 Å². The lowest BCUT2D eigenvalue weighted by atomic mass is 10.2. The Morgan fingerprint density at radius 1 is 0.897 bits per heavy atom. The molecule has 0 radical (unpaired) electrons. The predicted molar refractivity (Wildman–Crippen MR) is 111 cm³/mol. The molecule has 0 unspecified atom stereocenters. The van der Waals surface area contributed by atoms with Gasteiger partial charge in [-0.2, -0.15) is 0 Å². The SMILES string of the molecule is O=C(CCSc1ccc([N+](=O)[O-])cc1)Oc1ccc(OCc2ccccc2)cc1. The Bertz CT molecular complexity index is 943. The zero-order chi connectivity index (χ0) is 20.5. The van der Waals surface area contributed by atoms with Crippen LogP contribution < -0.4 is 9.47 Å². The highest BCUT2D eigenvalue weighted by molar-refractivity contribution is 7.99. The summed E-state index contributed by atoms with van der Waals surface area (Å²) in [6.07, 6.45) is 0.230. The second-order valence-electron chi connectivity index (χ2n) is 6.07. The Morgan fingerprint density at radius 3 is 2.21 bits per heavy atom. The molecule has 6 nitrogen and oxygen atoms in total. The normalized spacial score (nSPS) is 10.3. The molecule has 0 bridgehead atoms. The minimum atomic E-state index is -0.441. The zero-order valence-electron chi connectivity index (χ0n) is 15.5. The van der Waals surface area contributed by atoms with E-state index in [1.54, 1.807) is 36.4 Å². The second-order valence-corrected chi connectivity index (χ2v) is 7.24. The van der Waals surface area contributed by atoms with Crippen molar-refractivity contribution in [2.45, 2.75) is 17.9 Å². The summed E-state index contributed by atoms with van der Waals surface area (Å²) in [5.74, 6) is 1.34. The van der Waals surface area contributed by atoms with Gasteiger partial charge in [0, 0.05) is 22.8 Å². The number of rotatable bonds is 9. The molecule has 0 N–H and O–H groups in total. The maximum Gasteiger partial charge on any atom is 0.312 e. The van der Waals surface area contributed by atoms with Crippen LogP contribution in [0.2, 0.25) is 0 Å². The first-order valence-electron chi connectivity index (χ1n) is 8.95. The number of nitro groups is 1. The van der Waals surface area contributed by atoms with Gasteiger partial charge in [0.25, 0.3) is 5.69 Å². The fourth-order valence-corrected chi connectivity index (χ4v) is 3.28. The molecule has 0 fully saturated rings. The van der Waals surface area contributed by atoms with E-state index in [1.807, 2.05) is 30.3 Å². The van der Waals surface area contributed by atoms with Gasteiger partial charge in [0.15, 0.2) is 0 Å². The van der Waals surface area contributed by atoms with Gasteiger partial charge in [0.1, 0.15) is 18.1 Å². The number of non-ortho nitro benzene ring substituents is 1. The third kappa shape index (κ3) is 6.65. The van der Waals surface area contributed by atoms with Crippen molar-refractivity contribution in [3.63, 3.8) is 0 Å². The van der Waals surface area contributed by atoms with Crippen molar-refractivity contribution in [3.8, 4) is 11.5 Å². The lowest BCUT2D eigenvalue weighted by Crippen LogP contribution is -2.08. The molecule has 0 amide bonds. The van der Waals surface area contributed by atoms with Gasteiger partial charge in [0.05, 0.1) is 11.3 Å². The van der Waals surface area contributed by atoms with E-state index in [1.165, 1.54) is 23.9 Å². The summed E-state index contributed by atoms with van der Waals surface area (Å²) in [7, 11) is 0. The van der Waals surface area contributed by atoms with E-state index in [2.05, 4.69) is 0 Å². The molecular weight excluding hydrogens is 390 g/mol. The Balaban J connectivity index is 1.40. The number of thioether (sulfide) groups is 1. The zero-order valence-corrected chi connectivity index (χ0v) is 16.3. The molecule has 0 heterocycles. The number of nitro benzene ring substituents is 1. The first kappa shape index (κ1) is 20.4. The number of nitrogens with zero attached hydrogens (tertiary/aromatic N) is 1. The van der Waals surface area contributed by atoms with Gasteiger partial charge in [0.2, 0.25) is 0 Å². The monoisotopic (exact) mass is 409 g/mol. The van der Waals surface area contributed by atoms with Gasteiger partial charge in [-0.1, -0.05) is 30.3 Å². The number of esters is 1. The van der Waals surface area contributed by atoms with Crippen molar-refractivity contribution >= 4 is 23.4 Å². The molecule has 0 aromatic heterocycles. The molecule has 0 spiro atoms. The second kappa shape index (κ2) is 10.3. The van der Waals surface area contributed by atoms with Crippen LogP contribution in [0.25, 0.3) is 0 Å². The van der Waals surface area contributed by atoms with Gasteiger partial charge in [-0.05, 0) is 42.0 Å². The molecule has 29 heavy (non-hydrogen) atoms. The highest BCUT2D eigenvalue weighted by Gasteiger charge is 2.08. The average molecular weight is 409 g/mol. The van der Waals surface area contributed by atoms with E-state index in [0.29, 0.717) is 23.9 Å². The minimum absolute atomic E-state index is 0.0463. The fraction of sp³-hybridized carbons (Fsp3) is 0.136. The van der Waals surface area contributed by atoms with Gasteiger partial charge in [-0.15, -0.1) is 11.8 Å². The van der Waals surface area contributed by atoms with Gasteiger partial charge >= 0.3 is 5.97 Å².